The van der Waals surface area contributed by atoms with E-state index in [2.05, 4.69) is 10.2 Å². The minimum absolute atomic E-state index is 0.0250. The van der Waals surface area contributed by atoms with Gasteiger partial charge in [-0.1, -0.05) is 11.6 Å². The number of carbonyl (C=O) groups is 2. The molecule has 0 unspecified atom stereocenters. The number of rotatable bonds is 5. The molecule has 4 rings (SSSR count). The van der Waals surface area contributed by atoms with Crippen molar-refractivity contribution in [3.8, 4) is 0 Å². The van der Waals surface area contributed by atoms with Gasteiger partial charge < -0.3 is 19.5 Å². The van der Waals surface area contributed by atoms with Crippen LogP contribution in [0.25, 0.3) is 6.08 Å². The van der Waals surface area contributed by atoms with Crippen molar-refractivity contribution in [2.75, 3.05) is 36.4 Å². The van der Waals surface area contributed by atoms with E-state index in [9.17, 15) is 9.59 Å². The van der Waals surface area contributed by atoms with E-state index in [1.165, 1.54) is 6.08 Å². The van der Waals surface area contributed by atoms with Gasteiger partial charge in [0.05, 0.1) is 6.26 Å². The Balaban J connectivity index is 1.29. The first kappa shape index (κ1) is 20.8. The maximum absolute atomic E-state index is 12.6. The lowest BCUT2D eigenvalue weighted by molar-refractivity contribution is -0.111. The predicted octanol–water partition coefficient (Wildman–Crippen LogP) is 4.55. The molecule has 7 heteroatoms. The number of amides is 2. The Morgan fingerprint density at radius 1 is 0.935 bits per heavy atom. The molecule has 0 spiro atoms. The molecule has 2 heterocycles. The number of carbonyl (C=O) groups excluding carboxylic acids is 2. The van der Waals surface area contributed by atoms with Crippen LogP contribution in [0.3, 0.4) is 0 Å². The minimum Gasteiger partial charge on any atom is -0.465 e. The van der Waals surface area contributed by atoms with Crippen molar-refractivity contribution in [1.82, 2.24) is 4.90 Å². The van der Waals surface area contributed by atoms with Crippen LogP contribution in [0.4, 0.5) is 11.4 Å². The normalized spacial score (nSPS) is 14.1. The number of benzene rings is 2. The van der Waals surface area contributed by atoms with Crippen molar-refractivity contribution >= 4 is 40.9 Å². The van der Waals surface area contributed by atoms with Crippen LogP contribution in [0.15, 0.2) is 77.4 Å². The van der Waals surface area contributed by atoms with Crippen LogP contribution in [-0.2, 0) is 4.79 Å². The van der Waals surface area contributed by atoms with E-state index in [0.717, 1.165) is 24.5 Å². The van der Waals surface area contributed by atoms with Gasteiger partial charge >= 0.3 is 0 Å². The Hall–Kier alpha value is -3.51. The fourth-order valence-electron chi connectivity index (χ4n) is 3.43. The summed E-state index contributed by atoms with van der Waals surface area (Å²) >= 11 is 5.90. The molecule has 1 N–H and O–H groups in total. The van der Waals surface area contributed by atoms with E-state index in [-0.39, 0.29) is 11.8 Å². The van der Waals surface area contributed by atoms with Gasteiger partial charge in [-0.2, -0.15) is 0 Å². The summed E-state index contributed by atoms with van der Waals surface area (Å²) in [5.74, 6) is 0.426. The van der Waals surface area contributed by atoms with Crippen molar-refractivity contribution in [3.05, 3.63) is 89.3 Å². The number of furan rings is 1. The summed E-state index contributed by atoms with van der Waals surface area (Å²) in [6.45, 7) is 2.79. The zero-order chi connectivity index (χ0) is 21.6. The van der Waals surface area contributed by atoms with E-state index in [1.54, 1.807) is 48.7 Å². The Bertz CT molecular complexity index is 1050. The van der Waals surface area contributed by atoms with E-state index in [0.29, 0.717) is 29.4 Å². The van der Waals surface area contributed by atoms with Crippen LogP contribution in [-0.4, -0.2) is 42.9 Å². The maximum Gasteiger partial charge on any atom is 0.253 e. The molecule has 6 nitrogen and oxygen atoms in total. The van der Waals surface area contributed by atoms with Crippen molar-refractivity contribution in [2.45, 2.75) is 0 Å². The molecular formula is C24H22ClN3O3. The second-order valence-corrected chi connectivity index (χ2v) is 7.61. The lowest BCUT2D eigenvalue weighted by atomic mass is 10.1. The molecule has 1 aliphatic rings. The van der Waals surface area contributed by atoms with Crippen LogP contribution in [0.1, 0.15) is 16.1 Å². The van der Waals surface area contributed by atoms with Gasteiger partial charge in [0.25, 0.3) is 5.91 Å². The summed E-state index contributed by atoms with van der Waals surface area (Å²) < 4.78 is 5.17. The van der Waals surface area contributed by atoms with Gasteiger partial charge in [0.15, 0.2) is 0 Å². The largest absolute Gasteiger partial charge is 0.465 e. The quantitative estimate of drug-likeness (QED) is 0.597. The van der Waals surface area contributed by atoms with Gasteiger partial charge in [-0.3, -0.25) is 9.59 Å². The molecule has 2 aromatic carbocycles. The first-order chi connectivity index (χ1) is 15.1. The average molecular weight is 436 g/mol. The Morgan fingerprint density at radius 3 is 2.29 bits per heavy atom. The summed E-state index contributed by atoms with van der Waals surface area (Å²) in [6, 6.07) is 18.2. The third-order valence-electron chi connectivity index (χ3n) is 5.10. The molecule has 1 aliphatic heterocycles. The first-order valence-corrected chi connectivity index (χ1v) is 10.4. The van der Waals surface area contributed by atoms with Gasteiger partial charge in [-0.25, -0.2) is 0 Å². The molecule has 1 aromatic heterocycles. The Labute approximate surface area is 185 Å². The number of hydrogen-bond acceptors (Lipinski definition) is 4. The van der Waals surface area contributed by atoms with E-state index >= 15 is 0 Å². The summed E-state index contributed by atoms with van der Waals surface area (Å²) in [6.07, 6.45) is 4.61. The topological polar surface area (TPSA) is 65.8 Å². The second kappa shape index (κ2) is 9.53. The Kier molecular flexibility index (Phi) is 6.38. The van der Waals surface area contributed by atoms with Gasteiger partial charge in [-0.15, -0.1) is 0 Å². The van der Waals surface area contributed by atoms with Crippen molar-refractivity contribution in [2.24, 2.45) is 0 Å². The molecule has 31 heavy (non-hydrogen) atoms. The number of hydrogen-bond donors (Lipinski definition) is 1. The highest BCUT2D eigenvalue weighted by molar-refractivity contribution is 6.30. The molecule has 1 saturated heterocycles. The monoisotopic (exact) mass is 435 g/mol. The van der Waals surface area contributed by atoms with Crippen LogP contribution < -0.4 is 10.2 Å². The lowest BCUT2D eigenvalue weighted by Gasteiger charge is -2.36. The molecule has 1 fully saturated rings. The van der Waals surface area contributed by atoms with Crippen molar-refractivity contribution < 1.29 is 14.0 Å². The van der Waals surface area contributed by atoms with Crippen LogP contribution in [0, 0.1) is 0 Å². The van der Waals surface area contributed by atoms with Crippen LogP contribution >= 0.6 is 11.6 Å². The second-order valence-electron chi connectivity index (χ2n) is 7.17. The summed E-state index contributed by atoms with van der Waals surface area (Å²) in [5.41, 5.74) is 2.43. The fourth-order valence-corrected chi connectivity index (χ4v) is 3.55. The zero-order valence-electron chi connectivity index (χ0n) is 16.8. The maximum atomic E-state index is 12.6. The summed E-state index contributed by atoms with van der Waals surface area (Å²) in [5, 5.41) is 3.45. The lowest BCUT2D eigenvalue weighted by Crippen LogP contribution is -2.48. The SMILES string of the molecule is O=C(C=Cc1ccco1)Nc1ccc(N2CCN(C(=O)c3ccc(Cl)cc3)CC2)cc1. The average Bonchev–Trinajstić information content (AvgIpc) is 3.32. The molecule has 0 saturated carbocycles. The number of piperazine rings is 1. The molecule has 158 valence electrons. The predicted molar refractivity (Wildman–Crippen MR) is 122 cm³/mol. The standard InChI is InChI=1S/C24H22ClN3O3/c25-19-5-3-18(4-6-19)24(30)28-15-13-27(14-16-28)21-9-7-20(8-10-21)26-23(29)12-11-22-2-1-17-31-22/h1-12,17H,13-16H2,(H,26,29). The molecule has 0 atom stereocenters. The van der Waals surface area contributed by atoms with Crippen LogP contribution in [0.2, 0.25) is 5.02 Å². The summed E-state index contributed by atoms with van der Waals surface area (Å²) in [7, 11) is 0. The highest BCUT2D eigenvalue weighted by Crippen LogP contribution is 2.21. The van der Waals surface area contributed by atoms with Crippen molar-refractivity contribution in [1.29, 1.82) is 0 Å². The number of anilines is 2. The minimum atomic E-state index is -0.224. The van der Waals surface area contributed by atoms with E-state index in [4.69, 9.17) is 16.0 Å². The molecule has 3 aromatic rings. The van der Waals surface area contributed by atoms with Gasteiger partial charge in [0.2, 0.25) is 5.91 Å². The van der Waals surface area contributed by atoms with Crippen LogP contribution in [0.5, 0.6) is 0 Å². The van der Waals surface area contributed by atoms with Crippen molar-refractivity contribution in [3.63, 3.8) is 0 Å². The Morgan fingerprint density at radius 2 is 1.65 bits per heavy atom. The molecular weight excluding hydrogens is 414 g/mol. The molecule has 0 aliphatic carbocycles. The fraction of sp³-hybridized carbons (Fsp3) is 0.167. The zero-order valence-corrected chi connectivity index (χ0v) is 17.6. The molecule has 0 bridgehead atoms. The summed E-state index contributed by atoms with van der Waals surface area (Å²) in [4.78, 5) is 28.8. The highest BCUT2D eigenvalue weighted by atomic mass is 35.5. The number of halogens is 1. The molecule has 2 amide bonds. The number of nitrogens with zero attached hydrogens (tertiary/aromatic N) is 2. The molecule has 0 radical (unpaired) electrons. The van der Waals surface area contributed by atoms with Gasteiger partial charge in [0, 0.05) is 54.2 Å². The van der Waals surface area contributed by atoms with E-state index in [1.807, 2.05) is 29.2 Å². The first-order valence-electron chi connectivity index (χ1n) is 10.0. The van der Waals surface area contributed by atoms with Gasteiger partial charge in [-0.05, 0) is 66.7 Å². The third-order valence-corrected chi connectivity index (χ3v) is 5.35. The smallest absolute Gasteiger partial charge is 0.253 e. The third kappa shape index (κ3) is 5.35. The highest BCUT2D eigenvalue weighted by Gasteiger charge is 2.22. The van der Waals surface area contributed by atoms with E-state index < -0.39 is 0 Å². The number of nitrogens with one attached hydrogen (secondary N) is 1. The van der Waals surface area contributed by atoms with Gasteiger partial charge in [0.1, 0.15) is 5.76 Å².